The van der Waals surface area contributed by atoms with Crippen LogP contribution in [0, 0.1) is 0 Å². The Kier molecular flexibility index (Phi) is 5.75. The van der Waals surface area contributed by atoms with Crippen molar-refractivity contribution in [2.24, 2.45) is 0 Å². The molecule has 0 spiro atoms. The van der Waals surface area contributed by atoms with E-state index < -0.39 is 0 Å². The molecule has 154 valence electrons. The number of rotatable bonds is 6. The van der Waals surface area contributed by atoms with Crippen LogP contribution in [-0.4, -0.2) is 34.3 Å². The van der Waals surface area contributed by atoms with E-state index in [1.165, 1.54) is 0 Å². The van der Waals surface area contributed by atoms with Crippen LogP contribution >= 0.6 is 24.0 Å². The zero-order chi connectivity index (χ0) is 20.3. The number of furan rings is 1. The summed E-state index contributed by atoms with van der Waals surface area (Å²) in [5, 5.41) is 5.06. The van der Waals surface area contributed by atoms with Gasteiger partial charge in [0.05, 0.1) is 17.8 Å². The van der Waals surface area contributed by atoms with Crippen molar-refractivity contribution < 1.29 is 9.15 Å². The van der Waals surface area contributed by atoms with Crippen molar-refractivity contribution in [3.8, 4) is 0 Å². The molecule has 0 bridgehead atoms. The lowest BCUT2D eigenvalue weighted by Crippen LogP contribution is -2.36. The summed E-state index contributed by atoms with van der Waals surface area (Å²) in [6.45, 7) is 1.58. The van der Waals surface area contributed by atoms with Gasteiger partial charge >= 0.3 is 0 Å². The highest BCUT2D eigenvalue weighted by Gasteiger charge is 2.42. The third kappa shape index (κ3) is 4.10. The minimum atomic E-state index is -0.0687. The molecule has 2 fully saturated rings. The Balaban J connectivity index is 1.45. The second kappa shape index (κ2) is 8.79. The Morgan fingerprint density at radius 1 is 1.10 bits per heavy atom. The van der Waals surface area contributed by atoms with Crippen LogP contribution in [0.4, 0.5) is 0 Å². The molecule has 0 amide bonds. The largest absolute Gasteiger partial charge is 0.452 e. The van der Waals surface area contributed by atoms with E-state index in [9.17, 15) is 0 Å². The molecule has 7 heteroatoms. The van der Waals surface area contributed by atoms with Crippen molar-refractivity contribution >= 4 is 29.1 Å². The van der Waals surface area contributed by atoms with E-state index in [1.807, 2.05) is 48.7 Å². The van der Waals surface area contributed by atoms with Crippen LogP contribution in [0.3, 0.4) is 0 Å². The van der Waals surface area contributed by atoms with Crippen molar-refractivity contribution in [1.29, 1.82) is 0 Å². The summed E-state index contributed by atoms with van der Waals surface area (Å²) < 4.78 is 12.2. The first-order valence-electron chi connectivity index (χ1n) is 10.2. The first kappa shape index (κ1) is 19.6. The smallest absolute Gasteiger partial charge is 0.170 e. The highest BCUT2D eigenvalue weighted by atomic mass is 32.2. The molecular weight excluding hydrogens is 414 g/mol. The molecule has 30 heavy (non-hydrogen) atoms. The summed E-state index contributed by atoms with van der Waals surface area (Å²) in [6, 6.07) is 20.2. The van der Waals surface area contributed by atoms with Crippen molar-refractivity contribution in [3.05, 3.63) is 78.3 Å². The van der Waals surface area contributed by atoms with E-state index in [0.717, 1.165) is 52.5 Å². The van der Waals surface area contributed by atoms with Gasteiger partial charge in [-0.15, -0.1) is 0 Å². The summed E-state index contributed by atoms with van der Waals surface area (Å²) >= 11 is 7.35. The number of benzene rings is 1. The van der Waals surface area contributed by atoms with Gasteiger partial charge in [0.1, 0.15) is 11.8 Å². The van der Waals surface area contributed by atoms with Crippen molar-refractivity contribution in [3.63, 3.8) is 0 Å². The molecule has 1 aromatic carbocycles. The predicted octanol–water partition coefficient (Wildman–Crippen LogP) is 4.98. The molecular formula is C23H23N3O2S2. The summed E-state index contributed by atoms with van der Waals surface area (Å²) in [5.41, 5.74) is 0.952. The summed E-state index contributed by atoms with van der Waals surface area (Å²) in [6.07, 6.45) is 4.18. The number of nitrogens with zero attached hydrogens (tertiary/aromatic N) is 2. The predicted molar refractivity (Wildman–Crippen MR) is 120 cm³/mol. The van der Waals surface area contributed by atoms with Gasteiger partial charge in [-0.25, -0.2) is 0 Å². The SMILES string of the molecule is S=C1N[C@H](c2ccccn2)[C@@H](c2ccc(Sc3ccccc3)o2)N1C[C@H]1CCCO1. The second-order valence-corrected chi connectivity index (χ2v) is 8.95. The quantitative estimate of drug-likeness (QED) is 0.546. The number of thiocarbonyl (C=S) groups is 1. The van der Waals surface area contributed by atoms with Gasteiger partial charge in [-0.2, -0.15) is 0 Å². The maximum Gasteiger partial charge on any atom is 0.170 e. The molecule has 5 nitrogen and oxygen atoms in total. The van der Waals surface area contributed by atoms with E-state index >= 15 is 0 Å². The van der Waals surface area contributed by atoms with Gasteiger partial charge in [-0.3, -0.25) is 4.98 Å². The number of hydrogen-bond donors (Lipinski definition) is 1. The van der Waals surface area contributed by atoms with Crippen LogP contribution in [0.15, 0.2) is 81.3 Å². The molecule has 0 unspecified atom stereocenters. The van der Waals surface area contributed by atoms with E-state index in [4.69, 9.17) is 21.4 Å². The topological polar surface area (TPSA) is 50.5 Å². The lowest BCUT2D eigenvalue weighted by molar-refractivity contribution is 0.0812. The van der Waals surface area contributed by atoms with E-state index in [0.29, 0.717) is 0 Å². The zero-order valence-corrected chi connectivity index (χ0v) is 18.1. The van der Waals surface area contributed by atoms with Gasteiger partial charge in [0, 0.05) is 24.2 Å². The number of nitrogens with one attached hydrogen (secondary N) is 1. The fraction of sp³-hybridized carbons (Fsp3) is 0.304. The van der Waals surface area contributed by atoms with Crippen molar-refractivity contribution in [2.75, 3.05) is 13.2 Å². The Labute approximate surface area is 185 Å². The van der Waals surface area contributed by atoms with E-state index in [2.05, 4.69) is 33.4 Å². The lowest BCUT2D eigenvalue weighted by Gasteiger charge is -2.28. The number of hydrogen-bond acceptors (Lipinski definition) is 5. The van der Waals surface area contributed by atoms with Gasteiger partial charge in [0.25, 0.3) is 0 Å². The molecule has 4 heterocycles. The number of pyridine rings is 1. The standard InChI is InChI=1S/C23H23N3O2S2/c29-23-25-21(18-10-4-5-13-24-18)22(26(23)15-16-7-6-14-27-16)19-11-12-20(28-19)30-17-8-2-1-3-9-17/h1-5,8-13,16,21-22H,6-7,14-15H2,(H,25,29)/t16-,21-,22-/m1/s1. The highest BCUT2D eigenvalue weighted by molar-refractivity contribution is 7.99. The normalized spacial score (nSPS) is 23.7. The third-order valence-corrected chi connectivity index (χ3v) is 6.76. The van der Waals surface area contributed by atoms with Gasteiger partial charge in [0.15, 0.2) is 10.2 Å². The number of aromatic nitrogens is 1. The summed E-state index contributed by atoms with van der Waals surface area (Å²) in [7, 11) is 0. The van der Waals surface area contributed by atoms with E-state index in [-0.39, 0.29) is 18.2 Å². The molecule has 2 saturated heterocycles. The molecule has 2 aliphatic heterocycles. The average molecular weight is 438 g/mol. The maximum atomic E-state index is 6.32. The van der Waals surface area contributed by atoms with Crippen molar-refractivity contribution in [1.82, 2.24) is 15.2 Å². The molecule has 3 aromatic rings. The average Bonchev–Trinajstić information content (AvgIpc) is 3.52. The van der Waals surface area contributed by atoms with Gasteiger partial charge in [-0.05, 0) is 61.5 Å². The Morgan fingerprint density at radius 2 is 1.97 bits per heavy atom. The van der Waals surface area contributed by atoms with Crippen LogP contribution in [0.25, 0.3) is 0 Å². The van der Waals surface area contributed by atoms with Crippen LogP contribution in [0.5, 0.6) is 0 Å². The van der Waals surface area contributed by atoms with Gasteiger partial charge in [0.2, 0.25) is 0 Å². The molecule has 0 saturated carbocycles. The lowest BCUT2D eigenvalue weighted by atomic mass is 10.0. The molecule has 1 N–H and O–H groups in total. The van der Waals surface area contributed by atoms with Crippen molar-refractivity contribution in [2.45, 2.75) is 41.0 Å². The zero-order valence-electron chi connectivity index (χ0n) is 16.4. The fourth-order valence-electron chi connectivity index (χ4n) is 4.07. The summed E-state index contributed by atoms with van der Waals surface area (Å²) in [5.74, 6) is 0.884. The molecule has 5 rings (SSSR count). The fourth-order valence-corrected chi connectivity index (χ4v) is 5.19. The van der Waals surface area contributed by atoms with Crippen LogP contribution in [0.1, 0.15) is 36.4 Å². The first-order chi connectivity index (χ1) is 14.8. The first-order valence-corrected chi connectivity index (χ1v) is 11.4. The van der Waals surface area contributed by atoms with Crippen LogP contribution in [-0.2, 0) is 4.74 Å². The number of ether oxygens (including phenoxy) is 1. The van der Waals surface area contributed by atoms with Gasteiger partial charge in [-0.1, -0.05) is 36.0 Å². The minimum absolute atomic E-state index is 0.0678. The van der Waals surface area contributed by atoms with Gasteiger partial charge < -0.3 is 19.4 Å². The molecule has 0 radical (unpaired) electrons. The van der Waals surface area contributed by atoms with Crippen LogP contribution < -0.4 is 5.32 Å². The van der Waals surface area contributed by atoms with Crippen LogP contribution in [0.2, 0.25) is 0 Å². The molecule has 2 aromatic heterocycles. The van der Waals surface area contributed by atoms with E-state index in [1.54, 1.807) is 11.8 Å². The molecule has 0 aliphatic carbocycles. The monoisotopic (exact) mass is 437 g/mol. The Hall–Kier alpha value is -2.35. The second-order valence-electron chi connectivity index (χ2n) is 7.49. The molecule has 2 aliphatic rings. The Morgan fingerprint density at radius 3 is 2.73 bits per heavy atom. The maximum absolute atomic E-state index is 6.32. The minimum Gasteiger partial charge on any atom is -0.452 e. The Bertz CT molecular complexity index is 990. The third-order valence-electron chi connectivity index (χ3n) is 5.48. The summed E-state index contributed by atoms with van der Waals surface area (Å²) in [4.78, 5) is 7.94. The highest BCUT2D eigenvalue weighted by Crippen LogP contribution is 2.41. The molecule has 3 atom stereocenters.